The van der Waals surface area contributed by atoms with Crippen molar-refractivity contribution in [2.24, 2.45) is 0 Å². The fourth-order valence-corrected chi connectivity index (χ4v) is 1.45. The third kappa shape index (κ3) is 2.29. The van der Waals surface area contributed by atoms with Gasteiger partial charge in [-0.2, -0.15) is 8.42 Å². The SMILES string of the molecule is O=S(=O)(O)Nc1n[c]cs1. The molecule has 0 saturated carbocycles. The minimum atomic E-state index is -4.17. The summed E-state index contributed by atoms with van der Waals surface area (Å²) in [4.78, 5) is 3.44. The Kier molecular flexibility index (Phi) is 1.88. The summed E-state index contributed by atoms with van der Waals surface area (Å²) in [5.41, 5.74) is 0. The molecule has 0 saturated heterocycles. The lowest BCUT2D eigenvalue weighted by atomic mass is 11.0. The molecule has 1 heterocycles. The maximum absolute atomic E-state index is 10.1. The van der Waals surface area contributed by atoms with Crippen LogP contribution in [-0.4, -0.2) is 18.0 Å². The molecule has 0 spiro atoms. The molecule has 1 radical (unpaired) electrons. The van der Waals surface area contributed by atoms with E-state index >= 15 is 0 Å². The summed E-state index contributed by atoms with van der Waals surface area (Å²) in [6.07, 6.45) is 2.38. The fourth-order valence-electron chi connectivity index (χ4n) is 0.351. The standard InChI is InChI=1S/C3H3N2O3S2/c6-10(7,8)5-3-4-1-2-9-3/h2H,(H,4,5)(H,6,7,8). The average Bonchev–Trinajstić information content (AvgIpc) is 2.12. The Morgan fingerprint density at radius 2 is 2.50 bits per heavy atom. The van der Waals surface area contributed by atoms with Crippen molar-refractivity contribution in [2.45, 2.75) is 0 Å². The van der Waals surface area contributed by atoms with Crippen LogP contribution in [-0.2, 0) is 10.3 Å². The fraction of sp³-hybridized carbons (Fsp3) is 0. The molecule has 10 heavy (non-hydrogen) atoms. The van der Waals surface area contributed by atoms with Crippen molar-refractivity contribution in [1.82, 2.24) is 4.98 Å². The molecule has 5 nitrogen and oxygen atoms in total. The average molecular weight is 179 g/mol. The maximum atomic E-state index is 10.1. The first kappa shape index (κ1) is 7.45. The molecule has 0 unspecified atom stereocenters. The van der Waals surface area contributed by atoms with Crippen molar-refractivity contribution in [2.75, 3.05) is 4.72 Å². The van der Waals surface area contributed by atoms with Gasteiger partial charge in [-0.25, -0.2) is 9.71 Å². The molecule has 55 valence electrons. The number of nitrogens with one attached hydrogen (secondary N) is 1. The molecule has 7 heteroatoms. The highest BCUT2D eigenvalue weighted by Crippen LogP contribution is 2.10. The molecule has 0 amide bonds. The van der Waals surface area contributed by atoms with Gasteiger partial charge in [-0.05, 0) is 0 Å². The molecule has 0 aromatic carbocycles. The van der Waals surface area contributed by atoms with Crippen molar-refractivity contribution < 1.29 is 13.0 Å². The number of aromatic nitrogens is 1. The zero-order valence-electron chi connectivity index (χ0n) is 4.60. The van der Waals surface area contributed by atoms with E-state index in [9.17, 15) is 8.42 Å². The van der Waals surface area contributed by atoms with Gasteiger partial charge in [-0.15, -0.1) is 11.3 Å². The summed E-state index contributed by atoms with van der Waals surface area (Å²) in [5, 5.41) is 1.57. The van der Waals surface area contributed by atoms with Crippen molar-refractivity contribution in [3.05, 3.63) is 11.6 Å². The van der Waals surface area contributed by atoms with Gasteiger partial charge in [0.25, 0.3) is 0 Å². The zero-order chi connectivity index (χ0) is 7.61. The van der Waals surface area contributed by atoms with Crippen molar-refractivity contribution in [3.63, 3.8) is 0 Å². The van der Waals surface area contributed by atoms with Crippen LogP contribution in [0.5, 0.6) is 0 Å². The van der Waals surface area contributed by atoms with Gasteiger partial charge in [0.05, 0.1) is 0 Å². The minimum Gasteiger partial charge on any atom is -0.269 e. The Balaban J connectivity index is 2.75. The Labute approximate surface area is 61.6 Å². The van der Waals surface area contributed by atoms with E-state index < -0.39 is 10.3 Å². The highest BCUT2D eigenvalue weighted by molar-refractivity contribution is 7.87. The summed E-state index contributed by atoms with van der Waals surface area (Å²) in [6, 6.07) is 0. The quantitative estimate of drug-likeness (QED) is 0.634. The first-order valence-corrected chi connectivity index (χ1v) is 4.47. The molecule has 0 aliphatic rings. The topological polar surface area (TPSA) is 79.3 Å². The van der Waals surface area contributed by atoms with Gasteiger partial charge in [0.15, 0.2) is 5.13 Å². The molecule has 0 aliphatic carbocycles. The number of hydrogen-bond acceptors (Lipinski definition) is 4. The monoisotopic (exact) mass is 179 g/mol. The van der Waals surface area contributed by atoms with E-state index in [1.807, 2.05) is 0 Å². The zero-order valence-corrected chi connectivity index (χ0v) is 6.24. The smallest absolute Gasteiger partial charge is 0.269 e. The minimum absolute atomic E-state index is 0.0995. The summed E-state index contributed by atoms with van der Waals surface area (Å²) in [7, 11) is -4.17. The summed E-state index contributed by atoms with van der Waals surface area (Å²) in [6.45, 7) is 0. The van der Waals surface area contributed by atoms with Crippen molar-refractivity contribution in [1.29, 1.82) is 0 Å². The Bertz CT molecular complexity index is 290. The molecule has 1 rings (SSSR count). The third-order valence-electron chi connectivity index (χ3n) is 0.606. The number of thiazole rings is 1. The van der Waals surface area contributed by atoms with Gasteiger partial charge in [-0.3, -0.25) is 4.55 Å². The third-order valence-corrected chi connectivity index (χ3v) is 1.83. The number of hydrogen-bond donors (Lipinski definition) is 2. The van der Waals surface area contributed by atoms with E-state index in [0.717, 1.165) is 11.3 Å². The lowest BCUT2D eigenvalue weighted by molar-refractivity contribution is 0.489. The number of anilines is 1. The van der Waals surface area contributed by atoms with Crippen LogP contribution >= 0.6 is 11.3 Å². The van der Waals surface area contributed by atoms with E-state index in [1.165, 1.54) is 5.38 Å². The summed E-state index contributed by atoms with van der Waals surface area (Å²) < 4.78 is 30.2. The van der Waals surface area contributed by atoms with Crippen molar-refractivity contribution >= 4 is 26.8 Å². The van der Waals surface area contributed by atoms with E-state index in [1.54, 1.807) is 4.72 Å². The molecule has 0 fully saturated rings. The Morgan fingerprint density at radius 3 is 2.90 bits per heavy atom. The molecule has 1 aromatic heterocycles. The first-order chi connectivity index (χ1) is 4.58. The number of rotatable bonds is 2. The Morgan fingerprint density at radius 1 is 1.80 bits per heavy atom. The van der Waals surface area contributed by atoms with Gasteiger partial charge in [0.1, 0.15) is 6.20 Å². The second-order valence-electron chi connectivity index (χ2n) is 1.36. The Hall–Kier alpha value is -0.660. The molecule has 1 aromatic rings. The highest BCUT2D eigenvalue weighted by Gasteiger charge is 2.04. The predicted molar refractivity (Wildman–Crippen MR) is 36.1 cm³/mol. The molecular weight excluding hydrogens is 176 g/mol. The lowest BCUT2D eigenvalue weighted by Gasteiger charge is -1.93. The molecular formula is C3H3N2O3S2. The van der Waals surface area contributed by atoms with Crippen LogP contribution in [0, 0.1) is 6.20 Å². The van der Waals surface area contributed by atoms with Crippen LogP contribution in [0.15, 0.2) is 5.38 Å². The normalized spacial score (nSPS) is 11.3. The maximum Gasteiger partial charge on any atom is 0.359 e. The van der Waals surface area contributed by atoms with Crippen LogP contribution in [0.3, 0.4) is 0 Å². The van der Waals surface area contributed by atoms with Gasteiger partial charge in [0, 0.05) is 5.38 Å². The van der Waals surface area contributed by atoms with E-state index in [0.29, 0.717) is 0 Å². The first-order valence-electron chi connectivity index (χ1n) is 2.15. The predicted octanol–water partition coefficient (Wildman–Crippen LogP) is 0.158. The highest BCUT2D eigenvalue weighted by atomic mass is 32.2. The van der Waals surface area contributed by atoms with Crippen LogP contribution in [0.4, 0.5) is 5.13 Å². The second-order valence-corrected chi connectivity index (χ2v) is 3.37. The van der Waals surface area contributed by atoms with E-state index in [4.69, 9.17) is 4.55 Å². The van der Waals surface area contributed by atoms with Gasteiger partial charge in [-0.1, -0.05) is 0 Å². The van der Waals surface area contributed by atoms with Gasteiger partial charge in [0.2, 0.25) is 0 Å². The lowest BCUT2D eigenvalue weighted by Crippen LogP contribution is -2.09. The molecule has 0 aliphatic heterocycles. The van der Waals surface area contributed by atoms with E-state index in [2.05, 4.69) is 11.2 Å². The van der Waals surface area contributed by atoms with Gasteiger partial charge < -0.3 is 0 Å². The molecule has 0 bridgehead atoms. The summed E-state index contributed by atoms with van der Waals surface area (Å²) in [5.74, 6) is 0. The number of nitrogens with zero attached hydrogens (tertiary/aromatic N) is 1. The van der Waals surface area contributed by atoms with Crippen LogP contribution in [0.1, 0.15) is 0 Å². The van der Waals surface area contributed by atoms with Gasteiger partial charge >= 0.3 is 10.3 Å². The van der Waals surface area contributed by atoms with Crippen LogP contribution in [0.25, 0.3) is 0 Å². The van der Waals surface area contributed by atoms with E-state index in [-0.39, 0.29) is 5.13 Å². The summed E-state index contributed by atoms with van der Waals surface area (Å²) >= 11 is 1.03. The second kappa shape index (κ2) is 2.52. The largest absolute Gasteiger partial charge is 0.359 e. The molecule has 0 atom stereocenters. The van der Waals surface area contributed by atoms with Crippen LogP contribution in [0.2, 0.25) is 0 Å². The van der Waals surface area contributed by atoms with Crippen molar-refractivity contribution in [3.8, 4) is 0 Å². The van der Waals surface area contributed by atoms with Crippen LogP contribution < -0.4 is 4.72 Å². The molecule has 2 N–H and O–H groups in total.